The predicted molar refractivity (Wildman–Crippen MR) is 100 cm³/mol. The lowest BCUT2D eigenvalue weighted by molar-refractivity contribution is 0.419. The van der Waals surface area contributed by atoms with Crippen molar-refractivity contribution in [2.45, 2.75) is 6.92 Å². The number of rotatable bonds is 4. The lowest BCUT2D eigenvalue weighted by Crippen LogP contribution is -2.07. The van der Waals surface area contributed by atoms with Crippen molar-refractivity contribution in [1.29, 1.82) is 5.26 Å². The number of pyridine rings is 1. The first-order valence-corrected chi connectivity index (χ1v) is 8.18. The zero-order valence-corrected chi connectivity index (χ0v) is 14.7. The number of para-hydroxylation sites is 1. The molecule has 0 atom stereocenters. The Bertz CT molecular complexity index is 1160. The molecule has 1 aromatic carbocycles. The maximum Gasteiger partial charge on any atom is 0.228 e. The van der Waals surface area contributed by atoms with Gasteiger partial charge in [0.25, 0.3) is 0 Å². The zero-order valence-electron chi connectivity index (χ0n) is 14.7. The summed E-state index contributed by atoms with van der Waals surface area (Å²) in [5.74, 6) is 2.05. The second-order valence-corrected chi connectivity index (χ2v) is 5.78. The van der Waals surface area contributed by atoms with E-state index in [9.17, 15) is 5.26 Å². The van der Waals surface area contributed by atoms with Gasteiger partial charge in [0.15, 0.2) is 11.6 Å². The third-order valence-electron chi connectivity index (χ3n) is 4.12. The summed E-state index contributed by atoms with van der Waals surface area (Å²) in [6.45, 7) is 2.00. The maximum atomic E-state index is 9.44. The average molecular weight is 357 g/mol. The largest absolute Gasteiger partial charge is 0.494 e. The van der Waals surface area contributed by atoms with Crippen LogP contribution in [0.2, 0.25) is 0 Å². The molecular weight excluding hydrogens is 342 g/mol. The van der Waals surface area contributed by atoms with Crippen LogP contribution in [0.4, 0.5) is 11.8 Å². The van der Waals surface area contributed by atoms with E-state index in [-0.39, 0.29) is 0 Å². The Hall–Kier alpha value is -3.99. The number of aromatic nitrogens is 5. The van der Waals surface area contributed by atoms with Crippen LogP contribution in [0.5, 0.6) is 5.75 Å². The van der Waals surface area contributed by atoms with E-state index in [1.54, 1.807) is 30.3 Å². The van der Waals surface area contributed by atoms with E-state index in [0.29, 0.717) is 28.9 Å². The van der Waals surface area contributed by atoms with Crippen molar-refractivity contribution in [3.63, 3.8) is 0 Å². The lowest BCUT2D eigenvalue weighted by Gasteiger charge is -2.12. The van der Waals surface area contributed by atoms with Crippen molar-refractivity contribution in [3.05, 3.63) is 60.0 Å². The van der Waals surface area contributed by atoms with Gasteiger partial charge in [0.1, 0.15) is 22.9 Å². The van der Waals surface area contributed by atoms with Crippen LogP contribution < -0.4 is 10.1 Å². The van der Waals surface area contributed by atoms with Gasteiger partial charge in [-0.3, -0.25) is 0 Å². The lowest BCUT2D eigenvalue weighted by atomic mass is 10.1. The highest BCUT2D eigenvalue weighted by molar-refractivity contribution is 5.88. The molecule has 0 fully saturated rings. The highest BCUT2D eigenvalue weighted by Crippen LogP contribution is 2.29. The van der Waals surface area contributed by atoms with Gasteiger partial charge < -0.3 is 10.1 Å². The third-order valence-corrected chi connectivity index (χ3v) is 4.12. The fourth-order valence-corrected chi connectivity index (χ4v) is 2.84. The summed E-state index contributed by atoms with van der Waals surface area (Å²) in [4.78, 5) is 13.0. The van der Waals surface area contributed by atoms with Crippen molar-refractivity contribution in [1.82, 2.24) is 24.7 Å². The second-order valence-electron chi connectivity index (χ2n) is 5.78. The Morgan fingerprint density at radius 2 is 2.00 bits per heavy atom. The molecule has 0 saturated heterocycles. The standard InChI is InChI=1S/C19H15N7O/c1-12-9-16(24-17-14(12)5-3-6-15(17)27-2)26-18(13(10-20)11-23-26)25-19-21-7-4-8-22-19/h3-9,11H,1-2H3,(H,21,22,25). The quantitative estimate of drug-likeness (QED) is 0.598. The Labute approximate surface area is 155 Å². The monoisotopic (exact) mass is 357 g/mol. The number of methoxy groups -OCH3 is 1. The van der Waals surface area contributed by atoms with Gasteiger partial charge in [-0.1, -0.05) is 12.1 Å². The van der Waals surface area contributed by atoms with Crippen LogP contribution in [0.25, 0.3) is 16.7 Å². The minimum Gasteiger partial charge on any atom is -0.494 e. The van der Waals surface area contributed by atoms with Crippen LogP contribution in [-0.4, -0.2) is 31.8 Å². The first-order valence-electron chi connectivity index (χ1n) is 8.18. The number of ether oxygens (including phenoxy) is 1. The highest BCUT2D eigenvalue weighted by Gasteiger charge is 2.16. The molecule has 0 amide bonds. The van der Waals surface area contributed by atoms with Crippen LogP contribution in [0.15, 0.2) is 48.9 Å². The molecular formula is C19H15N7O. The molecule has 3 heterocycles. The number of nitrogens with one attached hydrogen (secondary N) is 1. The average Bonchev–Trinajstić information content (AvgIpc) is 3.11. The van der Waals surface area contributed by atoms with E-state index >= 15 is 0 Å². The zero-order chi connectivity index (χ0) is 18.8. The Morgan fingerprint density at radius 3 is 2.74 bits per heavy atom. The molecule has 0 saturated carbocycles. The summed E-state index contributed by atoms with van der Waals surface area (Å²) in [5, 5.41) is 17.8. The molecule has 0 radical (unpaired) electrons. The number of anilines is 2. The fraction of sp³-hybridized carbons (Fsp3) is 0.105. The number of nitriles is 1. The number of hydrogen-bond donors (Lipinski definition) is 1. The number of benzene rings is 1. The topological polar surface area (TPSA) is 102 Å². The van der Waals surface area contributed by atoms with Crippen molar-refractivity contribution >= 4 is 22.7 Å². The van der Waals surface area contributed by atoms with Gasteiger partial charge in [-0.2, -0.15) is 15.0 Å². The van der Waals surface area contributed by atoms with Gasteiger partial charge >= 0.3 is 0 Å². The Morgan fingerprint density at radius 1 is 1.19 bits per heavy atom. The molecule has 0 bridgehead atoms. The molecule has 3 aromatic heterocycles. The van der Waals surface area contributed by atoms with Crippen molar-refractivity contribution in [2.24, 2.45) is 0 Å². The number of aryl methyl sites for hydroxylation is 1. The molecule has 1 N–H and O–H groups in total. The van der Waals surface area contributed by atoms with E-state index in [1.807, 2.05) is 31.2 Å². The summed E-state index contributed by atoms with van der Waals surface area (Å²) in [7, 11) is 1.61. The Balaban J connectivity index is 1.89. The van der Waals surface area contributed by atoms with Crippen molar-refractivity contribution in [2.75, 3.05) is 12.4 Å². The van der Waals surface area contributed by atoms with Gasteiger partial charge in [-0.25, -0.2) is 15.0 Å². The summed E-state index contributed by atoms with van der Waals surface area (Å²) in [5.41, 5.74) is 2.11. The first-order chi connectivity index (χ1) is 13.2. The second kappa shape index (κ2) is 6.72. The summed E-state index contributed by atoms with van der Waals surface area (Å²) in [6, 6.07) is 11.5. The first kappa shape index (κ1) is 16.5. The van der Waals surface area contributed by atoms with Gasteiger partial charge in [0, 0.05) is 17.8 Å². The third kappa shape index (κ3) is 2.91. The molecule has 0 aliphatic rings. The summed E-state index contributed by atoms with van der Waals surface area (Å²) >= 11 is 0. The predicted octanol–water partition coefficient (Wildman–Crippen LogP) is 3.14. The minimum atomic E-state index is 0.363. The number of fused-ring (bicyclic) bond motifs is 1. The van der Waals surface area contributed by atoms with Crippen molar-refractivity contribution < 1.29 is 4.74 Å². The maximum absolute atomic E-state index is 9.44. The molecule has 8 heteroatoms. The van der Waals surface area contributed by atoms with E-state index in [2.05, 4.69) is 26.5 Å². The fourth-order valence-electron chi connectivity index (χ4n) is 2.84. The van der Waals surface area contributed by atoms with Gasteiger partial charge in [0.2, 0.25) is 5.95 Å². The molecule has 27 heavy (non-hydrogen) atoms. The van der Waals surface area contributed by atoms with E-state index < -0.39 is 0 Å². The molecule has 0 unspecified atom stereocenters. The van der Waals surface area contributed by atoms with Gasteiger partial charge in [-0.15, -0.1) is 0 Å². The minimum absolute atomic E-state index is 0.363. The Kier molecular flexibility index (Phi) is 4.10. The molecule has 0 aliphatic heterocycles. The highest BCUT2D eigenvalue weighted by atomic mass is 16.5. The molecule has 0 spiro atoms. The van der Waals surface area contributed by atoms with Crippen molar-refractivity contribution in [3.8, 4) is 17.6 Å². The van der Waals surface area contributed by atoms with E-state index in [4.69, 9.17) is 9.72 Å². The van der Waals surface area contributed by atoms with E-state index in [1.165, 1.54) is 6.20 Å². The number of hydrogen-bond acceptors (Lipinski definition) is 7. The smallest absolute Gasteiger partial charge is 0.228 e. The molecule has 132 valence electrons. The summed E-state index contributed by atoms with van der Waals surface area (Å²) in [6.07, 6.45) is 4.71. The van der Waals surface area contributed by atoms with Gasteiger partial charge in [-0.05, 0) is 30.7 Å². The molecule has 8 nitrogen and oxygen atoms in total. The SMILES string of the molecule is COc1cccc2c(C)cc(-n3ncc(C#N)c3Nc3ncccn3)nc12. The van der Waals surface area contributed by atoms with Crippen LogP contribution in [0.1, 0.15) is 11.1 Å². The molecule has 4 aromatic rings. The van der Waals surface area contributed by atoms with Gasteiger partial charge in [0.05, 0.1) is 13.3 Å². The van der Waals surface area contributed by atoms with Crippen LogP contribution in [-0.2, 0) is 0 Å². The molecule has 4 rings (SSSR count). The van der Waals surface area contributed by atoms with E-state index in [0.717, 1.165) is 16.5 Å². The van der Waals surface area contributed by atoms with Crippen LogP contribution in [0.3, 0.4) is 0 Å². The molecule has 0 aliphatic carbocycles. The summed E-state index contributed by atoms with van der Waals surface area (Å²) < 4.78 is 7.01. The van der Waals surface area contributed by atoms with Crippen LogP contribution >= 0.6 is 0 Å². The number of nitrogens with zero attached hydrogens (tertiary/aromatic N) is 6. The normalized spacial score (nSPS) is 10.6. The van der Waals surface area contributed by atoms with Crippen LogP contribution in [0, 0.1) is 18.3 Å².